The van der Waals surface area contributed by atoms with Crippen LogP contribution in [0.25, 0.3) is 11.8 Å². The summed E-state index contributed by atoms with van der Waals surface area (Å²) in [6.45, 7) is 4.29. The molecule has 0 saturated carbocycles. The van der Waals surface area contributed by atoms with Gasteiger partial charge >= 0.3 is 0 Å². The molecule has 0 spiro atoms. The lowest BCUT2D eigenvalue weighted by atomic mass is 10.0. The highest BCUT2D eigenvalue weighted by Crippen LogP contribution is 2.20. The van der Waals surface area contributed by atoms with Gasteiger partial charge in [-0.3, -0.25) is 10.1 Å². The molecule has 2 aromatic heterocycles. The Balaban J connectivity index is 1.87. The molecule has 0 unspecified atom stereocenters. The first-order valence-electron chi connectivity index (χ1n) is 8.05. The van der Waals surface area contributed by atoms with E-state index in [4.69, 9.17) is 0 Å². The van der Waals surface area contributed by atoms with Gasteiger partial charge in [-0.2, -0.15) is 5.26 Å². The van der Waals surface area contributed by atoms with E-state index in [9.17, 15) is 10.1 Å². The minimum Gasteiger partial charge on any atom is -0.317 e. The molecule has 26 heavy (non-hydrogen) atoms. The predicted molar refractivity (Wildman–Crippen MR) is 102 cm³/mol. The molecule has 0 aliphatic rings. The second-order valence-electron chi connectivity index (χ2n) is 5.92. The first-order chi connectivity index (χ1) is 12.6. The van der Waals surface area contributed by atoms with E-state index >= 15 is 0 Å². The fraction of sp³-hybridized carbons (Fsp3) is 0.158. The third-order valence-corrected chi connectivity index (χ3v) is 4.46. The zero-order valence-corrected chi connectivity index (χ0v) is 15.2. The van der Waals surface area contributed by atoms with E-state index in [0.29, 0.717) is 11.0 Å². The average molecular weight is 363 g/mol. The van der Waals surface area contributed by atoms with Crippen molar-refractivity contribution in [2.24, 2.45) is 0 Å². The Bertz CT molecular complexity index is 962. The van der Waals surface area contributed by atoms with Crippen LogP contribution in [0.3, 0.4) is 0 Å². The van der Waals surface area contributed by atoms with Crippen LogP contribution in [0.1, 0.15) is 31.0 Å². The molecule has 130 valence electrons. The summed E-state index contributed by atoms with van der Waals surface area (Å²) in [5, 5.41) is 19.7. The number of nitriles is 1. The molecule has 0 saturated heterocycles. The van der Waals surface area contributed by atoms with Gasteiger partial charge in [0.2, 0.25) is 5.13 Å². The van der Waals surface area contributed by atoms with E-state index in [2.05, 4.69) is 41.5 Å². The Kier molecular flexibility index (Phi) is 5.25. The molecule has 1 amide bonds. The van der Waals surface area contributed by atoms with E-state index in [1.165, 1.54) is 22.4 Å². The van der Waals surface area contributed by atoms with Gasteiger partial charge < -0.3 is 4.57 Å². The third-order valence-electron chi connectivity index (χ3n) is 3.86. The van der Waals surface area contributed by atoms with Gasteiger partial charge in [0.25, 0.3) is 5.91 Å². The smallest absolute Gasteiger partial charge is 0.268 e. The maximum atomic E-state index is 12.3. The molecule has 3 aromatic rings. The Morgan fingerprint density at radius 1 is 1.31 bits per heavy atom. The first-order valence-corrected chi connectivity index (χ1v) is 8.93. The van der Waals surface area contributed by atoms with Crippen molar-refractivity contribution in [1.82, 2.24) is 14.8 Å². The summed E-state index contributed by atoms with van der Waals surface area (Å²) >= 11 is 1.19. The van der Waals surface area contributed by atoms with Crippen LogP contribution < -0.4 is 5.32 Å². The van der Waals surface area contributed by atoms with E-state index in [0.717, 1.165) is 11.4 Å². The molecule has 3 rings (SSSR count). The van der Waals surface area contributed by atoms with Crippen LogP contribution in [0, 0.1) is 11.3 Å². The first kappa shape index (κ1) is 17.6. The number of carbonyl (C=O) groups is 1. The van der Waals surface area contributed by atoms with Gasteiger partial charge in [0.05, 0.1) is 0 Å². The molecule has 0 fully saturated rings. The van der Waals surface area contributed by atoms with Crippen molar-refractivity contribution in [3.05, 3.63) is 64.9 Å². The normalized spacial score (nSPS) is 11.4. The van der Waals surface area contributed by atoms with E-state index in [1.54, 1.807) is 6.08 Å². The van der Waals surface area contributed by atoms with Gasteiger partial charge in [-0.25, -0.2) is 0 Å². The zero-order valence-electron chi connectivity index (χ0n) is 14.4. The number of hydrogen-bond acceptors (Lipinski definition) is 5. The Morgan fingerprint density at radius 3 is 2.69 bits per heavy atom. The number of nitrogens with zero attached hydrogens (tertiary/aromatic N) is 4. The van der Waals surface area contributed by atoms with Crippen molar-refractivity contribution in [3.63, 3.8) is 0 Å². The van der Waals surface area contributed by atoms with E-state index < -0.39 is 5.91 Å². The summed E-state index contributed by atoms with van der Waals surface area (Å²) in [4.78, 5) is 12.3. The number of benzene rings is 1. The topological polar surface area (TPSA) is 83.6 Å². The lowest BCUT2D eigenvalue weighted by Gasteiger charge is -2.10. The third kappa shape index (κ3) is 3.87. The second-order valence-corrected chi connectivity index (χ2v) is 6.75. The summed E-state index contributed by atoms with van der Waals surface area (Å²) in [6, 6.07) is 13.9. The molecular weight excluding hydrogens is 346 g/mol. The number of rotatable bonds is 5. The summed E-state index contributed by atoms with van der Waals surface area (Å²) < 4.78 is 1.93. The molecule has 1 N–H and O–H groups in total. The van der Waals surface area contributed by atoms with Crippen molar-refractivity contribution >= 4 is 28.5 Å². The Morgan fingerprint density at radius 2 is 2.08 bits per heavy atom. The molecule has 0 radical (unpaired) electrons. The minimum absolute atomic E-state index is 0.000972. The van der Waals surface area contributed by atoms with Gasteiger partial charge in [-0.05, 0) is 41.8 Å². The fourth-order valence-corrected chi connectivity index (χ4v) is 2.90. The summed E-state index contributed by atoms with van der Waals surface area (Å²) in [5.74, 6) is -0.0468. The molecule has 0 bridgehead atoms. The summed E-state index contributed by atoms with van der Waals surface area (Å²) in [6.07, 6.45) is 3.46. The largest absolute Gasteiger partial charge is 0.317 e. The fourth-order valence-electron chi connectivity index (χ4n) is 2.46. The van der Waals surface area contributed by atoms with Crippen LogP contribution in [0.4, 0.5) is 5.13 Å². The molecule has 6 nitrogen and oxygen atoms in total. The highest BCUT2D eigenvalue weighted by atomic mass is 32.1. The highest BCUT2D eigenvalue weighted by Gasteiger charge is 2.12. The van der Waals surface area contributed by atoms with Crippen LogP contribution in [0.5, 0.6) is 0 Å². The van der Waals surface area contributed by atoms with Gasteiger partial charge in [0.15, 0.2) is 0 Å². The number of aromatic nitrogens is 3. The monoisotopic (exact) mass is 363 g/mol. The van der Waals surface area contributed by atoms with Crippen LogP contribution in [-0.4, -0.2) is 20.7 Å². The van der Waals surface area contributed by atoms with Crippen molar-refractivity contribution in [2.75, 3.05) is 5.32 Å². The van der Waals surface area contributed by atoms with E-state index in [1.807, 2.05) is 41.1 Å². The summed E-state index contributed by atoms with van der Waals surface area (Å²) in [5.41, 5.74) is 4.47. The number of anilines is 1. The average Bonchev–Trinajstić information content (AvgIpc) is 3.31. The van der Waals surface area contributed by atoms with Gasteiger partial charge in [-0.15, -0.1) is 10.2 Å². The van der Waals surface area contributed by atoms with Crippen molar-refractivity contribution in [2.45, 2.75) is 19.8 Å². The predicted octanol–water partition coefficient (Wildman–Crippen LogP) is 4.00. The SMILES string of the molecule is CC(C)c1ccc(-n2cccc2/C=C(/C#N)C(=O)Nc2nncs2)cc1. The lowest BCUT2D eigenvalue weighted by molar-refractivity contribution is -0.112. The quantitative estimate of drug-likeness (QED) is 0.548. The van der Waals surface area contributed by atoms with Crippen LogP contribution in [0.2, 0.25) is 0 Å². The second kappa shape index (κ2) is 7.76. The minimum atomic E-state index is -0.507. The number of nitrogens with one attached hydrogen (secondary N) is 1. The van der Waals surface area contributed by atoms with Crippen LogP contribution >= 0.6 is 11.3 Å². The molecule has 2 heterocycles. The molecule has 0 atom stereocenters. The Labute approximate surface area is 155 Å². The highest BCUT2D eigenvalue weighted by molar-refractivity contribution is 7.13. The lowest BCUT2D eigenvalue weighted by Crippen LogP contribution is -2.13. The van der Waals surface area contributed by atoms with Crippen molar-refractivity contribution in [3.8, 4) is 11.8 Å². The van der Waals surface area contributed by atoms with Gasteiger partial charge in [-0.1, -0.05) is 37.3 Å². The molecule has 0 aliphatic carbocycles. The van der Waals surface area contributed by atoms with Gasteiger partial charge in [0, 0.05) is 17.6 Å². The van der Waals surface area contributed by atoms with Crippen LogP contribution in [-0.2, 0) is 4.79 Å². The Hall–Kier alpha value is -3.24. The zero-order chi connectivity index (χ0) is 18.5. The number of hydrogen-bond donors (Lipinski definition) is 1. The molecule has 0 aliphatic heterocycles. The number of amides is 1. The maximum absolute atomic E-state index is 12.3. The van der Waals surface area contributed by atoms with Crippen LogP contribution in [0.15, 0.2) is 53.7 Å². The van der Waals surface area contributed by atoms with Crippen molar-refractivity contribution in [1.29, 1.82) is 5.26 Å². The number of carbonyl (C=O) groups excluding carboxylic acids is 1. The van der Waals surface area contributed by atoms with Gasteiger partial charge in [0.1, 0.15) is 17.2 Å². The van der Waals surface area contributed by atoms with Crippen molar-refractivity contribution < 1.29 is 4.79 Å². The summed E-state index contributed by atoms with van der Waals surface area (Å²) in [7, 11) is 0. The molecular formula is C19H17N5OS. The van der Waals surface area contributed by atoms with E-state index in [-0.39, 0.29) is 5.57 Å². The molecule has 1 aromatic carbocycles. The molecule has 7 heteroatoms. The standard InChI is InChI=1S/C19H17N5OS/c1-13(2)14-5-7-16(8-6-14)24-9-3-4-17(24)10-15(11-20)18(25)22-19-23-21-12-26-19/h3-10,12-13H,1-2H3,(H,22,23,25)/b15-10-. The maximum Gasteiger partial charge on any atom is 0.268 e.